The summed E-state index contributed by atoms with van der Waals surface area (Å²) in [4.78, 5) is 18.0. The minimum Gasteiger partial charge on any atom is -0.352 e. The number of amides is 4. The van der Waals surface area contributed by atoms with Crippen LogP contribution in [0.15, 0.2) is 0 Å². The number of nitrogens with one attached hydrogen (secondary N) is 2. The number of nitrogens with two attached hydrogens (primary N) is 4. The van der Waals surface area contributed by atoms with Crippen LogP contribution in [0.25, 0.3) is 0 Å². The van der Waals surface area contributed by atoms with Crippen molar-refractivity contribution in [2.75, 3.05) is 26.2 Å². The van der Waals surface area contributed by atoms with Gasteiger partial charge in [-0.15, -0.1) is 0 Å². The van der Waals surface area contributed by atoms with Crippen molar-refractivity contribution < 1.29 is 9.59 Å². The highest BCUT2D eigenvalue weighted by molar-refractivity contribution is 5.69. The molecule has 84 valence electrons. The van der Waals surface area contributed by atoms with Gasteiger partial charge in [0.15, 0.2) is 0 Å². The van der Waals surface area contributed by atoms with Gasteiger partial charge in [-0.2, -0.15) is 0 Å². The van der Waals surface area contributed by atoms with Gasteiger partial charge in [0.05, 0.1) is 0 Å². The molecule has 0 atom stereocenters. The molecule has 1 fully saturated rings. The summed E-state index contributed by atoms with van der Waals surface area (Å²) < 4.78 is 0. The number of rotatable bonds is 0. The first-order valence-corrected chi connectivity index (χ1v) is 3.98. The van der Waals surface area contributed by atoms with Crippen LogP contribution in [-0.2, 0) is 0 Å². The topological polar surface area (TPSA) is 162 Å². The van der Waals surface area contributed by atoms with Crippen LogP contribution in [0.5, 0.6) is 0 Å². The number of hydrogen-bond acceptors (Lipinski definition) is 4. The third kappa shape index (κ3) is 47.1. The standard InChI is InChI=1S/C4H10N2.2CH4N2O/c1-2-6-4-3-5-1;2*2-1(3)4/h5-6H,1-4H2;2*(H4,2,3,4). The van der Waals surface area contributed by atoms with E-state index < -0.39 is 12.1 Å². The van der Waals surface area contributed by atoms with Crippen LogP contribution >= 0.6 is 0 Å². The van der Waals surface area contributed by atoms with Gasteiger partial charge >= 0.3 is 12.1 Å². The largest absolute Gasteiger partial charge is 0.352 e. The van der Waals surface area contributed by atoms with Gasteiger partial charge in [0, 0.05) is 26.2 Å². The molecule has 0 aromatic rings. The van der Waals surface area contributed by atoms with Gasteiger partial charge in [0.25, 0.3) is 0 Å². The predicted molar refractivity (Wildman–Crippen MR) is 53.3 cm³/mol. The van der Waals surface area contributed by atoms with Gasteiger partial charge in [-0.1, -0.05) is 0 Å². The Bertz CT molecular complexity index is 127. The fraction of sp³-hybridized carbons (Fsp3) is 0.667. The number of urea groups is 2. The SMILES string of the molecule is C1CNCCN1.NC(N)=O.NC(N)=O. The van der Waals surface area contributed by atoms with Gasteiger partial charge in [0.1, 0.15) is 0 Å². The highest BCUT2D eigenvalue weighted by Gasteiger charge is 1.91. The van der Waals surface area contributed by atoms with Crippen molar-refractivity contribution in [1.29, 1.82) is 0 Å². The van der Waals surface area contributed by atoms with E-state index in [1.807, 2.05) is 0 Å². The molecule has 10 N–H and O–H groups in total. The number of primary amides is 4. The van der Waals surface area contributed by atoms with E-state index in [-0.39, 0.29) is 0 Å². The first-order valence-electron chi connectivity index (χ1n) is 3.98. The number of carbonyl (C=O) groups excluding carboxylic acids is 2. The zero-order valence-electron chi connectivity index (χ0n) is 7.95. The van der Waals surface area contributed by atoms with Crippen molar-refractivity contribution in [3.63, 3.8) is 0 Å². The normalized spacial score (nSPS) is 13.7. The van der Waals surface area contributed by atoms with E-state index in [9.17, 15) is 0 Å². The highest BCUT2D eigenvalue weighted by Crippen LogP contribution is 1.65. The molecule has 1 saturated heterocycles. The Morgan fingerprint density at radius 2 is 0.857 bits per heavy atom. The van der Waals surface area contributed by atoms with Gasteiger partial charge < -0.3 is 33.6 Å². The molecular formula is C6H18N6O2. The van der Waals surface area contributed by atoms with Crippen LogP contribution in [0.1, 0.15) is 0 Å². The third-order valence-electron chi connectivity index (χ3n) is 0.957. The van der Waals surface area contributed by atoms with Crippen molar-refractivity contribution in [3.05, 3.63) is 0 Å². The Balaban J connectivity index is 0. The molecule has 0 spiro atoms. The lowest BCUT2D eigenvalue weighted by Crippen LogP contribution is -2.39. The summed E-state index contributed by atoms with van der Waals surface area (Å²) in [6.07, 6.45) is 0. The quantitative estimate of drug-likeness (QED) is 0.253. The van der Waals surface area contributed by atoms with E-state index in [1.165, 1.54) is 0 Å². The molecule has 0 unspecified atom stereocenters. The van der Waals surface area contributed by atoms with E-state index in [4.69, 9.17) is 9.59 Å². The Hall–Kier alpha value is -1.54. The molecule has 1 heterocycles. The Kier molecular flexibility index (Phi) is 12.2. The van der Waals surface area contributed by atoms with Gasteiger partial charge in [-0.3, -0.25) is 0 Å². The Labute approximate surface area is 82.4 Å². The average Bonchev–Trinajstić information content (AvgIpc) is 2.05. The van der Waals surface area contributed by atoms with Crippen molar-refractivity contribution >= 4 is 12.1 Å². The number of hydrogen-bond donors (Lipinski definition) is 6. The molecule has 0 bridgehead atoms. The lowest BCUT2D eigenvalue weighted by atomic mass is 10.4. The summed E-state index contributed by atoms with van der Waals surface area (Å²) in [5, 5.41) is 6.44. The van der Waals surface area contributed by atoms with E-state index in [0.29, 0.717) is 0 Å². The summed E-state index contributed by atoms with van der Waals surface area (Å²) in [7, 11) is 0. The lowest BCUT2D eigenvalue weighted by Gasteiger charge is -2.11. The molecule has 1 rings (SSSR count). The van der Waals surface area contributed by atoms with E-state index in [0.717, 1.165) is 26.2 Å². The highest BCUT2D eigenvalue weighted by atomic mass is 16.2. The lowest BCUT2D eigenvalue weighted by molar-refractivity contribution is 0.255. The average molecular weight is 206 g/mol. The predicted octanol–water partition coefficient (Wildman–Crippen LogP) is -2.77. The van der Waals surface area contributed by atoms with Gasteiger partial charge in [-0.25, -0.2) is 9.59 Å². The minimum atomic E-state index is -0.833. The van der Waals surface area contributed by atoms with Crippen LogP contribution in [-0.4, -0.2) is 38.2 Å². The maximum absolute atomic E-state index is 9.00. The molecule has 8 nitrogen and oxygen atoms in total. The van der Waals surface area contributed by atoms with Crippen LogP contribution in [0, 0.1) is 0 Å². The third-order valence-corrected chi connectivity index (χ3v) is 0.957. The van der Waals surface area contributed by atoms with Gasteiger partial charge in [-0.05, 0) is 0 Å². The summed E-state index contributed by atoms with van der Waals surface area (Å²) in [5.74, 6) is 0. The first-order chi connectivity index (χ1) is 6.46. The molecule has 0 aromatic heterocycles. The fourth-order valence-corrected chi connectivity index (χ4v) is 0.604. The Morgan fingerprint density at radius 1 is 0.714 bits per heavy atom. The molecule has 0 radical (unpaired) electrons. The smallest absolute Gasteiger partial charge is 0.309 e. The molecule has 0 aliphatic carbocycles. The fourth-order valence-electron chi connectivity index (χ4n) is 0.604. The van der Waals surface area contributed by atoms with Crippen LogP contribution in [0.2, 0.25) is 0 Å². The summed E-state index contributed by atoms with van der Waals surface area (Å²) >= 11 is 0. The maximum Gasteiger partial charge on any atom is 0.309 e. The molecule has 8 heteroatoms. The van der Waals surface area contributed by atoms with Gasteiger partial charge in [0.2, 0.25) is 0 Å². The second kappa shape index (κ2) is 11.5. The van der Waals surface area contributed by atoms with Crippen molar-refractivity contribution in [1.82, 2.24) is 10.6 Å². The molecule has 1 aliphatic rings. The number of carbonyl (C=O) groups is 2. The van der Waals surface area contributed by atoms with Crippen molar-refractivity contribution in [3.8, 4) is 0 Å². The van der Waals surface area contributed by atoms with Crippen LogP contribution < -0.4 is 33.6 Å². The second-order valence-electron chi connectivity index (χ2n) is 2.30. The molecule has 0 saturated carbocycles. The van der Waals surface area contributed by atoms with Crippen molar-refractivity contribution in [2.24, 2.45) is 22.9 Å². The first kappa shape index (κ1) is 15.0. The van der Waals surface area contributed by atoms with Crippen molar-refractivity contribution in [2.45, 2.75) is 0 Å². The minimum absolute atomic E-state index is 0.833. The van der Waals surface area contributed by atoms with Crippen LogP contribution in [0.3, 0.4) is 0 Å². The summed E-state index contributed by atoms with van der Waals surface area (Å²) in [6, 6.07) is -1.67. The molecule has 0 aromatic carbocycles. The molecule has 14 heavy (non-hydrogen) atoms. The van der Waals surface area contributed by atoms with E-state index in [1.54, 1.807) is 0 Å². The van der Waals surface area contributed by atoms with Crippen LogP contribution in [0.4, 0.5) is 9.59 Å². The second-order valence-corrected chi connectivity index (χ2v) is 2.30. The zero-order valence-corrected chi connectivity index (χ0v) is 7.95. The summed E-state index contributed by atoms with van der Waals surface area (Å²) in [6.45, 7) is 4.56. The van der Waals surface area contributed by atoms with E-state index in [2.05, 4.69) is 33.6 Å². The Morgan fingerprint density at radius 3 is 0.929 bits per heavy atom. The van der Waals surface area contributed by atoms with E-state index >= 15 is 0 Å². The number of piperazine rings is 1. The molecule has 1 aliphatic heterocycles. The summed E-state index contributed by atoms with van der Waals surface area (Å²) in [5.41, 5.74) is 17.0. The monoisotopic (exact) mass is 206 g/mol. The molecular weight excluding hydrogens is 188 g/mol. The maximum atomic E-state index is 9.00. The molecule has 4 amide bonds. The zero-order chi connectivity index (χ0) is 11.4.